The number of halogens is 4. The molecule has 1 amide bonds. The number of hydrogen-bond donors (Lipinski definition) is 1. The molecule has 0 saturated heterocycles. The molecule has 0 atom stereocenters. The molecule has 24 heavy (non-hydrogen) atoms. The van der Waals surface area contributed by atoms with E-state index in [0.29, 0.717) is 10.8 Å². The normalized spacial score (nSPS) is 11.9. The lowest BCUT2D eigenvalue weighted by atomic mass is 10.1. The SMILES string of the molecule is CC(C)(Oc1ccc(Cl)cc1)C(=O)Nc1ccc(C(F)(F)F)cc1. The van der Waals surface area contributed by atoms with Crippen molar-refractivity contribution in [2.45, 2.75) is 25.6 Å². The largest absolute Gasteiger partial charge is 0.478 e. The van der Waals surface area contributed by atoms with Gasteiger partial charge in [-0.3, -0.25) is 4.79 Å². The molecule has 7 heteroatoms. The van der Waals surface area contributed by atoms with Gasteiger partial charge < -0.3 is 10.1 Å². The Morgan fingerprint density at radius 3 is 2.04 bits per heavy atom. The molecule has 0 aliphatic carbocycles. The summed E-state index contributed by atoms with van der Waals surface area (Å²) in [5, 5.41) is 3.07. The van der Waals surface area contributed by atoms with E-state index in [1.165, 1.54) is 12.1 Å². The molecule has 0 aromatic heterocycles. The number of rotatable bonds is 4. The van der Waals surface area contributed by atoms with Gasteiger partial charge in [0, 0.05) is 10.7 Å². The average molecular weight is 358 g/mol. The van der Waals surface area contributed by atoms with E-state index in [-0.39, 0.29) is 5.69 Å². The summed E-state index contributed by atoms with van der Waals surface area (Å²) in [6.07, 6.45) is -4.42. The Balaban J connectivity index is 2.06. The van der Waals surface area contributed by atoms with E-state index < -0.39 is 23.2 Å². The second kappa shape index (κ2) is 6.73. The van der Waals surface area contributed by atoms with Crippen molar-refractivity contribution in [3.05, 3.63) is 59.1 Å². The molecule has 2 aromatic carbocycles. The highest BCUT2D eigenvalue weighted by Crippen LogP contribution is 2.30. The molecule has 0 saturated carbocycles. The first-order chi connectivity index (χ1) is 11.1. The van der Waals surface area contributed by atoms with Crippen LogP contribution < -0.4 is 10.1 Å². The molecular weight excluding hydrogens is 343 g/mol. The number of alkyl halides is 3. The average Bonchev–Trinajstić information content (AvgIpc) is 2.49. The Kier molecular flexibility index (Phi) is 5.08. The first-order valence-corrected chi connectivity index (χ1v) is 7.39. The Hall–Kier alpha value is -2.21. The lowest BCUT2D eigenvalue weighted by molar-refractivity contribution is -0.137. The maximum absolute atomic E-state index is 12.5. The first kappa shape index (κ1) is 18.1. The maximum atomic E-state index is 12.5. The number of hydrogen-bond acceptors (Lipinski definition) is 2. The van der Waals surface area contributed by atoms with Crippen LogP contribution in [-0.4, -0.2) is 11.5 Å². The van der Waals surface area contributed by atoms with Crippen molar-refractivity contribution >= 4 is 23.2 Å². The molecule has 128 valence electrons. The van der Waals surface area contributed by atoms with Gasteiger partial charge in [-0.2, -0.15) is 13.2 Å². The van der Waals surface area contributed by atoms with Crippen molar-refractivity contribution in [2.75, 3.05) is 5.32 Å². The number of ether oxygens (including phenoxy) is 1. The standard InChI is InChI=1S/C17H15ClF3NO2/c1-16(2,24-14-9-5-12(18)6-10-14)15(23)22-13-7-3-11(4-8-13)17(19,20)21/h3-10H,1-2H3,(H,22,23). The van der Waals surface area contributed by atoms with E-state index >= 15 is 0 Å². The van der Waals surface area contributed by atoms with Gasteiger partial charge in [0.05, 0.1) is 5.56 Å². The zero-order valence-electron chi connectivity index (χ0n) is 12.9. The van der Waals surface area contributed by atoms with Crippen LogP contribution in [0.5, 0.6) is 5.75 Å². The molecule has 3 nitrogen and oxygen atoms in total. The van der Waals surface area contributed by atoms with Crippen LogP contribution in [-0.2, 0) is 11.0 Å². The molecule has 1 N–H and O–H groups in total. The molecule has 0 fully saturated rings. The topological polar surface area (TPSA) is 38.3 Å². The van der Waals surface area contributed by atoms with E-state index in [1.54, 1.807) is 38.1 Å². The van der Waals surface area contributed by atoms with Crippen LogP contribution in [0.3, 0.4) is 0 Å². The van der Waals surface area contributed by atoms with Gasteiger partial charge in [-0.15, -0.1) is 0 Å². The maximum Gasteiger partial charge on any atom is 0.416 e. The fourth-order valence-corrected chi connectivity index (χ4v) is 1.99. The van der Waals surface area contributed by atoms with E-state index in [2.05, 4.69) is 5.32 Å². The zero-order chi connectivity index (χ0) is 18.0. The lowest BCUT2D eigenvalue weighted by Gasteiger charge is -2.25. The molecule has 0 unspecified atom stereocenters. The summed E-state index contributed by atoms with van der Waals surface area (Å²) in [7, 11) is 0. The molecule has 0 radical (unpaired) electrons. The van der Waals surface area contributed by atoms with Gasteiger partial charge >= 0.3 is 6.18 Å². The molecule has 0 aliphatic heterocycles. The van der Waals surface area contributed by atoms with Crippen LogP contribution in [0.15, 0.2) is 48.5 Å². The molecule has 0 bridgehead atoms. The van der Waals surface area contributed by atoms with Crippen LogP contribution in [0.4, 0.5) is 18.9 Å². The van der Waals surface area contributed by atoms with Crippen molar-refractivity contribution in [1.82, 2.24) is 0 Å². The highest BCUT2D eigenvalue weighted by atomic mass is 35.5. The van der Waals surface area contributed by atoms with Gasteiger partial charge in [0.2, 0.25) is 0 Å². The van der Waals surface area contributed by atoms with E-state index in [1.807, 2.05) is 0 Å². The summed E-state index contributed by atoms with van der Waals surface area (Å²) in [5.41, 5.74) is -1.76. The summed E-state index contributed by atoms with van der Waals surface area (Å²) in [6, 6.07) is 10.7. The summed E-state index contributed by atoms with van der Waals surface area (Å²) in [5.74, 6) is -0.0378. The third-order valence-corrected chi connectivity index (χ3v) is 3.46. The van der Waals surface area contributed by atoms with Crippen molar-refractivity contribution in [2.24, 2.45) is 0 Å². The quantitative estimate of drug-likeness (QED) is 0.821. The molecule has 0 spiro atoms. The van der Waals surface area contributed by atoms with Crippen LogP contribution in [0.1, 0.15) is 19.4 Å². The number of carbonyl (C=O) groups is 1. The zero-order valence-corrected chi connectivity index (χ0v) is 13.7. The van der Waals surface area contributed by atoms with Gasteiger partial charge in [0.15, 0.2) is 5.60 Å². The smallest absolute Gasteiger partial charge is 0.416 e. The third-order valence-electron chi connectivity index (χ3n) is 3.20. The summed E-state index contributed by atoms with van der Waals surface area (Å²) < 4.78 is 43.2. The van der Waals surface area contributed by atoms with Gasteiger partial charge in [-0.25, -0.2) is 0 Å². The number of amides is 1. The van der Waals surface area contributed by atoms with Crippen molar-refractivity contribution in [3.63, 3.8) is 0 Å². The van der Waals surface area contributed by atoms with Crippen molar-refractivity contribution in [1.29, 1.82) is 0 Å². The number of carbonyl (C=O) groups excluding carboxylic acids is 1. The Bertz CT molecular complexity index is 710. The van der Waals surface area contributed by atoms with E-state index in [9.17, 15) is 18.0 Å². The van der Waals surface area contributed by atoms with E-state index in [4.69, 9.17) is 16.3 Å². The monoisotopic (exact) mass is 357 g/mol. The molecule has 2 aromatic rings. The van der Waals surface area contributed by atoms with Gasteiger partial charge in [0.25, 0.3) is 5.91 Å². The molecule has 0 aliphatic rings. The second-order valence-electron chi connectivity index (χ2n) is 5.60. The fraction of sp³-hybridized carbons (Fsp3) is 0.235. The van der Waals surface area contributed by atoms with Crippen molar-refractivity contribution < 1.29 is 22.7 Å². The van der Waals surface area contributed by atoms with E-state index in [0.717, 1.165) is 12.1 Å². The van der Waals surface area contributed by atoms with Crippen LogP contribution in [0.25, 0.3) is 0 Å². The minimum absolute atomic E-state index is 0.251. The number of anilines is 1. The van der Waals surface area contributed by atoms with Crippen molar-refractivity contribution in [3.8, 4) is 5.75 Å². The highest BCUT2D eigenvalue weighted by Gasteiger charge is 2.32. The minimum atomic E-state index is -4.42. The summed E-state index contributed by atoms with van der Waals surface area (Å²) in [6.45, 7) is 3.11. The lowest BCUT2D eigenvalue weighted by Crippen LogP contribution is -2.42. The third kappa shape index (κ3) is 4.64. The van der Waals surface area contributed by atoms with Crippen LogP contribution >= 0.6 is 11.6 Å². The van der Waals surface area contributed by atoms with Gasteiger partial charge in [-0.1, -0.05) is 11.6 Å². The second-order valence-corrected chi connectivity index (χ2v) is 6.03. The Morgan fingerprint density at radius 1 is 1.00 bits per heavy atom. The highest BCUT2D eigenvalue weighted by molar-refractivity contribution is 6.30. The van der Waals surface area contributed by atoms with Crippen LogP contribution in [0.2, 0.25) is 5.02 Å². The number of benzene rings is 2. The predicted molar refractivity (Wildman–Crippen MR) is 86.2 cm³/mol. The summed E-state index contributed by atoms with van der Waals surface area (Å²) >= 11 is 5.78. The van der Waals surface area contributed by atoms with Crippen LogP contribution in [0, 0.1) is 0 Å². The molecule has 2 rings (SSSR count). The number of nitrogens with one attached hydrogen (secondary N) is 1. The van der Waals surface area contributed by atoms with Gasteiger partial charge in [0.1, 0.15) is 5.75 Å². The molecule has 0 heterocycles. The Morgan fingerprint density at radius 2 is 1.54 bits per heavy atom. The fourth-order valence-electron chi connectivity index (χ4n) is 1.87. The summed E-state index contributed by atoms with van der Waals surface area (Å²) in [4.78, 5) is 12.3. The molecular formula is C17H15ClF3NO2. The minimum Gasteiger partial charge on any atom is -0.478 e. The predicted octanol–water partition coefficient (Wildman–Crippen LogP) is 5.15. The Labute approximate surface area is 142 Å². The first-order valence-electron chi connectivity index (χ1n) is 7.01. The van der Waals surface area contributed by atoms with Gasteiger partial charge in [-0.05, 0) is 62.4 Å².